The zero-order valence-corrected chi connectivity index (χ0v) is 71.0. The van der Waals surface area contributed by atoms with Crippen molar-refractivity contribution < 1.29 is 110 Å². The maximum absolute atomic E-state index is 10.0. The van der Waals surface area contributed by atoms with Gasteiger partial charge in [-0.25, -0.2) is 4.85 Å². The van der Waals surface area contributed by atoms with Crippen molar-refractivity contribution in [2.45, 2.75) is 27.7 Å². The van der Waals surface area contributed by atoms with Gasteiger partial charge in [0.25, 0.3) is 0 Å². The van der Waals surface area contributed by atoms with Crippen LogP contribution in [-0.2, 0) is 105 Å². The fraction of sp³-hybridized carbons (Fsp3) is 0.0426. The van der Waals surface area contributed by atoms with Crippen LogP contribution >= 0.6 is 0 Å². The van der Waals surface area contributed by atoms with Crippen molar-refractivity contribution in [3.63, 3.8) is 0 Å². The van der Waals surface area contributed by atoms with Crippen molar-refractivity contribution in [2.75, 3.05) is 0 Å². The Morgan fingerprint density at radius 3 is 1.17 bits per heavy atom. The minimum atomic E-state index is -0.125. The summed E-state index contributed by atoms with van der Waals surface area (Å²) in [6, 6.07) is 118. The fourth-order valence-corrected chi connectivity index (χ4v) is 11.2. The van der Waals surface area contributed by atoms with Gasteiger partial charge in [0.2, 0.25) is 0 Å². The number of hydrogen-bond donors (Lipinski definition) is 1. The van der Waals surface area contributed by atoms with Crippen LogP contribution < -0.4 is 0 Å². The number of ketones is 1. The number of aliphatic hydroxyl groups excluding tert-OH is 1. The third-order valence-electron chi connectivity index (χ3n) is 16.1. The quantitative estimate of drug-likeness (QED) is 0.0952. The van der Waals surface area contributed by atoms with Gasteiger partial charge in [-0.3, -0.25) is 4.79 Å². The number of aromatic nitrogens is 6. The number of aliphatic hydroxyl groups is 1. The van der Waals surface area contributed by atoms with E-state index in [4.69, 9.17) is 11.7 Å². The third-order valence-corrected chi connectivity index (χ3v) is 16.1. The van der Waals surface area contributed by atoms with Crippen molar-refractivity contribution in [3.8, 4) is 67.5 Å². The van der Waals surface area contributed by atoms with Crippen molar-refractivity contribution in [1.82, 2.24) is 29.9 Å². The molecule has 0 aliphatic heterocycles. The van der Waals surface area contributed by atoms with Crippen LogP contribution in [0.3, 0.4) is 0 Å². The molecule has 0 bridgehead atoms. The molecule has 0 saturated carbocycles. The standard InChI is InChI=1S/2C19H12N.C16H9N2.2C12H10N.C11H8N.C5H8O2.5Ir/c2*1-2-7-16-13-17(10-9-14(16)5-1)19-18-8-4-3-6-15(18)11-12-20-19;1-17-13-9-10-18-16(11-13)15-8-4-6-12-5-2-3-7-14(12)15;2*1-10-6-5-9-13-12(10)11-7-3-2-4-8-11;1-2-6-10(7-3-1)11-8-4-5-9-12-11;1-4(6)3-5(2)7;;;;;/h2*1-9,11-13H;2-7,9-11H;2*2-7,9H,1H3;1-6,8-9H;3,6H,1-2H3;;;;;/q6*-1;;;;;;. The summed E-state index contributed by atoms with van der Waals surface area (Å²) in [4.78, 5) is 39.7. The molecule has 0 aliphatic rings. The van der Waals surface area contributed by atoms with Crippen molar-refractivity contribution in [3.05, 3.63) is 405 Å². The van der Waals surface area contributed by atoms with Crippen LogP contribution in [0.5, 0.6) is 0 Å². The molecule has 17 rings (SSSR count). The van der Waals surface area contributed by atoms with Crippen LogP contribution in [0.15, 0.2) is 346 Å². The molecule has 1 N–H and O–H groups in total. The molecule has 0 saturated heterocycles. The molecule has 0 unspecified atom stereocenters. The normalized spacial score (nSPS) is 9.97. The van der Waals surface area contributed by atoms with E-state index >= 15 is 0 Å². The Hall–Kier alpha value is -10.4. The van der Waals surface area contributed by atoms with Gasteiger partial charge in [-0.05, 0) is 120 Å². The maximum Gasteiger partial charge on any atom is 0.181 e. The molecule has 543 valence electrons. The zero-order chi connectivity index (χ0) is 71.4. The molecular weight excluding hydrogens is 2220 g/mol. The van der Waals surface area contributed by atoms with Gasteiger partial charge >= 0.3 is 0 Å². The van der Waals surface area contributed by atoms with Crippen LogP contribution in [0.4, 0.5) is 5.69 Å². The molecular formula is C94H69Ir5N7O2-6. The van der Waals surface area contributed by atoms with Gasteiger partial charge < -0.3 is 35.0 Å². The summed E-state index contributed by atoms with van der Waals surface area (Å²) in [5.74, 6) is -0.0625. The van der Waals surface area contributed by atoms with Crippen molar-refractivity contribution in [1.29, 1.82) is 0 Å². The Balaban J connectivity index is 0.000000199. The van der Waals surface area contributed by atoms with Gasteiger partial charge in [0.1, 0.15) is 0 Å². The number of rotatable bonds is 7. The Morgan fingerprint density at radius 2 is 0.741 bits per heavy atom. The Bertz CT molecular complexity index is 5420. The molecule has 14 heteroatoms. The number of allylic oxidation sites excluding steroid dienone is 2. The van der Waals surface area contributed by atoms with E-state index in [0.29, 0.717) is 5.69 Å². The molecule has 6 aromatic heterocycles. The summed E-state index contributed by atoms with van der Waals surface area (Å²) < 4.78 is 0. The SMILES string of the molecule is CC(=O)C=C(C)O.Cc1cccnc1-c1[c-]cccc1.Cc1cccnc1-c1[c-]cccc1.[C-]#[N+]c1ccnc(-c2[c-]ccc3ccccc23)c1.[Ir].[Ir].[Ir].[Ir].[Ir].[c-]1cc2ccccc2cc1-c1nccc2ccccc12.[c-]1cc2ccccc2cc1-c1nccc2ccccc12.[c-]1ccccc1-c1ccccn1. The molecule has 0 atom stereocenters. The van der Waals surface area contributed by atoms with E-state index in [1.54, 1.807) is 24.5 Å². The maximum atomic E-state index is 10.0. The molecule has 0 aliphatic carbocycles. The first-order valence-electron chi connectivity index (χ1n) is 33.3. The smallest absolute Gasteiger partial charge is 0.181 e. The van der Waals surface area contributed by atoms with Gasteiger partial charge in [0, 0.05) is 144 Å². The Labute approximate surface area is 699 Å². The van der Waals surface area contributed by atoms with Gasteiger partial charge in [-0.2, -0.15) is 0 Å². The average molecular weight is 2290 g/mol. The summed E-state index contributed by atoms with van der Waals surface area (Å²) >= 11 is 0. The molecule has 0 spiro atoms. The van der Waals surface area contributed by atoms with E-state index in [1.807, 2.05) is 195 Å². The van der Waals surface area contributed by atoms with Crippen LogP contribution in [0.1, 0.15) is 25.0 Å². The number of fused-ring (bicyclic) bond motifs is 5. The predicted molar refractivity (Wildman–Crippen MR) is 421 cm³/mol. The first-order chi connectivity index (χ1) is 50.6. The van der Waals surface area contributed by atoms with E-state index in [2.05, 4.69) is 200 Å². The first kappa shape index (κ1) is 86.5. The molecule has 9 nitrogen and oxygen atoms in total. The Kier molecular flexibility index (Phi) is 36.3. The van der Waals surface area contributed by atoms with Crippen LogP contribution in [0.2, 0.25) is 0 Å². The van der Waals surface area contributed by atoms with Crippen molar-refractivity contribution in [2.24, 2.45) is 0 Å². The minimum Gasteiger partial charge on any atom is -0.512 e. The van der Waals surface area contributed by atoms with Crippen LogP contribution in [0, 0.1) is 56.8 Å². The molecule has 6 heterocycles. The second-order valence-electron chi connectivity index (χ2n) is 23.4. The summed E-state index contributed by atoms with van der Waals surface area (Å²) in [6.45, 7) is 14.0. The number of benzene rings is 11. The second-order valence-corrected chi connectivity index (χ2v) is 23.4. The summed E-state index contributed by atoms with van der Waals surface area (Å²) in [5.41, 5.74) is 14.9. The average Bonchev–Trinajstić information content (AvgIpc) is 0.806. The van der Waals surface area contributed by atoms with Crippen LogP contribution in [-0.4, -0.2) is 40.8 Å². The zero-order valence-electron chi connectivity index (χ0n) is 59.0. The summed E-state index contributed by atoms with van der Waals surface area (Å²) in [7, 11) is 0. The molecule has 17 aromatic rings. The number of carbonyl (C=O) groups excluding carboxylic acids is 1. The molecule has 11 aromatic carbocycles. The molecule has 0 fully saturated rings. The molecule has 0 amide bonds. The topological polar surface area (TPSA) is 119 Å². The minimum absolute atomic E-state index is 0. The second kappa shape index (κ2) is 45.3. The van der Waals surface area contributed by atoms with Gasteiger partial charge in [-0.1, -0.05) is 179 Å². The number of nitrogens with zero attached hydrogens (tertiary/aromatic N) is 7. The predicted octanol–water partition coefficient (Wildman–Crippen LogP) is 23.3. The van der Waals surface area contributed by atoms with E-state index < -0.39 is 0 Å². The summed E-state index contributed by atoms with van der Waals surface area (Å²) in [6.07, 6.45) is 12.0. The molecule has 5 radical (unpaired) electrons. The number of hydrogen-bond acceptors (Lipinski definition) is 8. The largest absolute Gasteiger partial charge is 0.512 e. The number of aryl methyl sites for hydroxylation is 2. The first-order valence-corrected chi connectivity index (χ1v) is 33.3. The van der Waals surface area contributed by atoms with Gasteiger partial charge in [-0.15, -0.1) is 195 Å². The Morgan fingerprint density at radius 1 is 0.343 bits per heavy atom. The third kappa shape index (κ3) is 24.6. The fourth-order valence-electron chi connectivity index (χ4n) is 11.2. The van der Waals surface area contributed by atoms with E-state index in [1.165, 1.54) is 74.1 Å². The van der Waals surface area contributed by atoms with Gasteiger partial charge in [0.15, 0.2) is 11.5 Å². The molecule has 108 heavy (non-hydrogen) atoms. The summed E-state index contributed by atoms with van der Waals surface area (Å²) in [5, 5.41) is 20.2. The van der Waals surface area contributed by atoms with Gasteiger partial charge in [0.05, 0.1) is 12.3 Å². The van der Waals surface area contributed by atoms with E-state index in [9.17, 15) is 4.79 Å². The number of pyridine rings is 6. The monoisotopic (exact) mass is 2290 g/mol. The number of carbonyl (C=O) groups is 1. The van der Waals surface area contributed by atoms with E-state index in [-0.39, 0.29) is 112 Å². The van der Waals surface area contributed by atoms with Crippen molar-refractivity contribution >= 4 is 65.3 Å². The van der Waals surface area contributed by atoms with Crippen LogP contribution in [0.25, 0.3) is 126 Å². The van der Waals surface area contributed by atoms with E-state index in [0.717, 1.165) is 78.3 Å².